The molecule has 2 aromatic carbocycles. The predicted octanol–water partition coefficient (Wildman–Crippen LogP) is 3.91. The van der Waals surface area contributed by atoms with Gasteiger partial charge in [0.2, 0.25) is 6.79 Å². The summed E-state index contributed by atoms with van der Waals surface area (Å²) in [5.74, 6) is 0.749. The van der Waals surface area contributed by atoms with Gasteiger partial charge in [-0.05, 0) is 77.4 Å². The van der Waals surface area contributed by atoms with Gasteiger partial charge in [-0.1, -0.05) is 42.9 Å². The van der Waals surface area contributed by atoms with E-state index in [1.54, 1.807) is 17.6 Å². The number of benzene rings is 2. The number of carbonyl (C=O) groups excluding carboxylic acids is 1. The molecule has 0 bridgehead atoms. The number of aromatic nitrogens is 1. The number of thiazole rings is 1. The van der Waals surface area contributed by atoms with E-state index in [1.165, 1.54) is 11.3 Å². The molecular weight excluding hydrogens is 579 g/mol. The van der Waals surface area contributed by atoms with E-state index in [9.17, 15) is 9.59 Å². The van der Waals surface area contributed by atoms with Crippen molar-refractivity contribution in [2.24, 2.45) is 4.99 Å². The van der Waals surface area contributed by atoms with Crippen LogP contribution in [-0.2, 0) is 9.53 Å². The third-order valence-corrected chi connectivity index (χ3v) is 7.55. The topological polar surface area (TPSA) is 79.1 Å². The Morgan fingerprint density at radius 1 is 1.23 bits per heavy atom. The minimum atomic E-state index is -0.686. The average molecular weight is 602 g/mol. The molecule has 180 valence electrons. The van der Waals surface area contributed by atoms with Gasteiger partial charge in [-0.25, -0.2) is 9.79 Å². The molecule has 0 amide bonds. The molecule has 2 aliphatic rings. The maximum absolute atomic E-state index is 13.7. The third kappa shape index (κ3) is 4.66. The van der Waals surface area contributed by atoms with E-state index in [0.29, 0.717) is 38.7 Å². The first-order chi connectivity index (χ1) is 17.0. The lowest BCUT2D eigenvalue weighted by atomic mass is 9.95. The van der Waals surface area contributed by atoms with Crippen LogP contribution >= 0.6 is 33.9 Å². The van der Waals surface area contributed by atoms with Gasteiger partial charge in [0.15, 0.2) is 16.3 Å². The number of hydrogen-bond donors (Lipinski definition) is 0. The van der Waals surface area contributed by atoms with Crippen molar-refractivity contribution in [3.63, 3.8) is 0 Å². The van der Waals surface area contributed by atoms with Gasteiger partial charge >= 0.3 is 5.97 Å². The SMILES string of the molecule is CCCCOC(=O)C1=C(C)N=c2s/c(=C\c3ccc(I)cc3)c(=O)n2C1c1ccc2c(c1)OCO2. The summed E-state index contributed by atoms with van der Waals surface area (Å²) in [7, 11) is 0. The van der Waals surface area contributed by atoms with Crippen LogP contribution in [0.5, 0.6) is 11.5 Å². The Morgan fingerprint density at radius 2 is 2.00 bits per heavy atom. The number of halogens is 1. The number of nitrogens with zero attached hydrogens (tertiary/aromatic N) is 2. The third-order valence-electron chi connectivity index (χ3n) is 5.85. The second kappa shape index (κ2) is 9.98. The van der Waals surface area contributed by atoms with Crippen molar-refractivity contribution in [1.29, 1.82) is 0 Å². The van der Waals surface area contributed by atoms with Gasteiger partial charge in [0.25, 0.3) is 5.56 Å². The highest BCUT2D eigenvalue weighted by molar-refractivity contribution is 14.1. The zero-order valence-corrected chi connectivity index (χ0v) is 22.2. The van der Waals surface area contributed by atoms with Crippen molar-refractivity contribution in [2.45, 2.75) is 32.7 Å². The molecule has 1 aromatic heterocycles. The summed E-state index contributed by atoms with van der Waals surface area (Å²) < 4.78 is 19.9. The molecule has 35 heavy (non-hydrogen) atoms. The van der Waals surface area contributed by atoms with E-state index in [-0.39, 0.29) is 12.4 Å². The number of fused-ring (bicyclic) bond motifs is 2. The van der Waals surface area contributed by atoms with Crippen LogP contribution in [-0.4, -0.2) is 23.9 Å². The summed E-state index contributed by atoms with van der Waals surface area (Å²) in [4.78, 5) is 32.1. The largest absolute Gasteiger partial charge is 0.462 e. The lowest BCUT2D eigenvalue weighted by Gasteiger charge is -2.25. The Hall–Kier alpha value is -2.92. The number of unbranched alkanes of at least 4 members (excludes halogenated alkanes) is 1. The summed E-state index contributed by atoms with van der Waals surface area (Å²) in [6, 6.07) is 12.7. The molecule has 9 heteroatoms. The van der Waals surface area contributed by atoms with Crippen LogP contribution < -0.4 is 24.4 Å². The summed E-state index contributed by atoms with van der Waals surface area (Å²) >= 11 is 3.56. The maximum atomic E-state index is 13.7. The first-order valence-electron chi connectivity index (χ1n) is 11.3. The maximum Gasteiger partial charge on any atom is 0.338 e. The van der Waals surface area contributed by atoms with Gasteiger partial charge in [-0.2, -0.15) is 0 Å². The Morgan fingerprint density at radius 3 is 2.77 bits per heavy atom. The van der Waals surface area contributed by atoms with E-state index in [1.807, 2.05) is 49.4 Å². The molecule has 0 saturated carbocycles. The first kappa shape index (κ1) is 23.8. The molecule has 3 aromatic rings. The zero-order valence-electron chi connectivity index (χ0n) is 19.2. The molecule has 1 unspecified atom stereocenters. The molecule has 0 N–H and O–H groups in total. The van der Waals surface area contributed by atoms with Gasteiger partial charge in [0, 0.05) is 3.57 Å². The summed E-state index contributed by atoms with van der Waals surface area (Å²) in [5.41, 5.74) is 2.34. The van der Waals surface area contributed by atoms with Crippen LogP contribution in [0.15, 0.2) is 63.5 Å². The van der Waals surface area contributed by atoms with Gasteiger partial charge in [0.1, 0.15) is 0 Å². The molecule has 0 saturated heterocycles. The zero-order chi connectivity index (χ0) is 24.5. The van der Waals surface area contributed by atoms with Gasteiger partial charge < -0.3 is 14.2 Å². The highest BCUT2D eigenvalue weighted by atomic mass is 127. The summed E-state index contributed by atoms with van der Waals surface area (Å²) in [6.07, 6.45) is 3.53. The Balaban J connectivity index is 1.66. The summed E-state index contributed by atoms with van der Waals surface area (Å²) in [6.45, 7) is 4.27. The van der Waals surface area contributed by atoms with Crippen LogP contribution in [0.3, 0.4) is 0 Å². The molecule has 2 aliphatic heterocycles. The van der Waals surface area contributed by atoms with Gasteiger partial charge in [-0.15, -0.1) is 0 Å². The fourth-order valence-corrected chi connectivity index (χ4v) is 5.48. The van der Waals surface area contributed by atoms with Gasteiger partial charge in [0.05, 0.1) is 28.5 Å². The minimum absolute atomic E-state index is 0.137. The molecule has 0 aliphatic carbocycles. The normalized spacial score (nSPS) is 16.8. The van der Waals surface area contributed by atoms with Crippen LogP contribution in [0.2, 0.25) is 0 Å². The lowest BCUT2D eigenvalue weighted by molar-refractivity contribution is -0.139. The molecule has 7 nitrogen and oxygen atoms in total. The highest BCUT2D eigenvalue weighted by Gasteiger charge is 2.34. The highest BCUT2D eigenvalue weighted by Crippen LogP contribution is 2.38. The number of esters is 1. The molecule has 0 fully saturated rings. The van der Waals surface area contributed by atoms with Crippen molar-refractivity contribution < 1.29 is 19.0 Å². The Kier molecular flexibility index (Phi) is 6.79. The number of carbonyl (C=O) groups is 1. The van der Waals surface area contributed by atoms with Crippen LogP contribution in [0.1, 0.15) is 43.9 Å². The molecule has 0 spiro atoms. The van der Waals surface area contributed by atoms with Gasteiger partial charge in [-0.3, -0.25) is 9.36 Å². The van der Waals surface area contributed by atoms with Crippen molar-refractivity contribution in [2.75, 3.05) is 13.4 Å². The number of hydrogen-bond acceptors (Lipinski definition) is 7. The minimum Gasteiger partial charge on any atom is -0.462 e. The van der Waals surface area contributed by atoms with Crippen molar-refractivity contribution in [3.05, 3.63) is 88.1 Å². The second-order valence-electron chi connectivity index (χ2n) is 8.24. The van der Waals surface area contributed by atoms with E-state index in [0.717, 1.165) is 27.5 Å². The van der Waals surface area contributed by atoms with Crippen molar-refractivity contribution >= 4 is 46.0 Å². The smallest absolute Gasteiger partial charge is 0.338 e. The van der Waals surface area contributed by atoms with Crippen LogP contribution in [0.4, 0.5) is 0 Å². The van der Waals surface area contributed by atoms with Crippen molar-refractivity contribution in [1.82, 2.24) is 4.57 Å². The first-order valence-corrected chi connectivity index (χ1v) is 13.2. The predicted molar refractivity (Wildman–Crippen MR) is 141 cm³/mol. The quantitative estimate of drug-likeness (QED) is 0.243. The van der Waals surface area contributed by atoms with Crippen molar-refractivity contribution in [3.8, 4) is 11.5 Å². The van der Waals surface area contributed by atoms with Crippen LogP contribution in [0, 0.1) is 3.57 Å². The standard InChI is InChI=1S/C26H23IN2O5S/c1-3-4-11-32-25(31)22-15(2)28-26-29(23(22)17-7-10-19-20(13-17)34-14-33-19)24(30)21(35-26)12-16-5-8-18(27)9-6-16/h5-10,12-13,23H,3-4,11,14H2,1-2H3/b21-12-. The lowest BCUT2D eigenvalue weighted by Crippen LogP contribution is -2.40. The Labute approximate surface area is 219 Å². The van der Waals surface area contributed by atoms with E-state index in [4.69, 9.17) is 14.2 Å². The van der Waals surface area contributed by atoms with E-state index >= 15 is 0 Å². The Bertz CT molecular complexity index is 1500. The van der Waals surface area contributed by atoms with E-state index < -0.39 is 12.0 Å². The van der Waals surface area contributed by atoms with E-state index in [2.05, 4.69) is 27.6 Å². The fourth-order valence-electron chi connectivity index (χ4n) is 4.08. The fraction of sp³-hybridized carbons (Fsp3) is 0.269. The van der Waals surface area contributed by atoms with Crippen LogP contribution in [0.25, 0.3) is 6.08 Å². The molecular formula is C26H23IN2O5S. The second-order valence-corrected chi connectivity index (χ2v) is 10.5. The molecule has 3 heterocycles. The number of ether oxygens (including phenoxy) is 3. The molecule has 1 atom stereocenters. The molecule has 0 radical (unpaired) electrons. The number of allylic oxidation sites excluding steroid dienone is 1. The average Bonchev–Trinajstić information content (AvgIpc) is 3.43. The molecule has 5 rings (SSSR count). The monoisotopic (exact) mass is 602 g/mol. The summed E-state index contributed by atoms with van der Waals surface area (Å²) in [5, 5.41) is 0. The number of rotatable bonds is 6.